The predicted octanol–water partition coefficient (Wildman–Crippen LogP) is 0.981. The molecule has 3 rings (SSSR count). The number of hydrogen-bond acceptors (Lipinski definition) is 8. The van der Waals surface area contributed by atoms with Crippen molar-refractivity contribution in [1.29, 1.82) is 0 Å². The molecule has 0 radical (unpaired) electrons. The van der Waals surface area contributed by atoms with Crippen molar-refractivity contribution in [1.82, 2.24) is 30.5 Å². The van der Waals surface area contributed by atoms with Gasteiger partial charge in [-0.05, 0) is 43.0 Å². The summed E-state index contributed by atoms with van der Waals surface area (Å²) in [7, 11) is 0. The lowest BCUT2D eigenvalue weighted by molar-refractivity contribution is -0.131. The van der Waals surface area contributed by atoms with Crippen molar-refractivity contribution in [2.24, 2.45) is 0 Å². The third kappa shape index (κ3) is 7.76. The van der Waals surface area contributed by atoms with Gasteiger partial charge in [0.25, 0.3) is 5.91 Å². The molecule has 1 saturated heterocycles. The highest BCUT2D eigenvalue weighted by Crippen LogP contribution is 2.16. The third-order valence-corrected chi connectivity index (χ3v) is 5.50. The van der Waals surface area contributed by atoms with Gasteiger partial charge in [-0.3, -0.25) is 19.4 Å². The summed E-state index contributed by atoms with van der Waals surface area (Å²) in [4.78, 5) is 51.0. The van der Waals surface area contributed by atoms with Crippen LogP contribution in [0.2, 0.25) is 0 Å². The lowest BCUT2D eigenvalue weighted by Crippen LogP contribution is -2.42. The highest BCUT2D eigenvalue weighted by molar-refractivity contribution is 5.99. The Labute approximate surface area is 204 Å². The van der Waals surface area contributed by atoms with Crippen LogP contribution >= 0.6 is 0 Å². The summed E-state index contributed by atoms with van der Waals surface area (Å²) in [5.41, 5.74) is 1.50. The Kier molecular flexibility index (Phi) is 9.52. The molecule has 0 aromatic carbocycles. The molecule has 3 heterocycles. The van der Waals surface area contributed by atoms with E-state index in [1.807, 2.05) is 19.1 Å². The Hall–Kier alpha value is -4.02. The average Bonchev–Trinajstić information content (AvgIpc) is 3.35. The van der Waals surface area contributed by atoms with E-state index in [2.05, 4.69) is 42.8 Å². The molecule has 4 N–H and O–H groups in total. The summed E-state index contributed by atoms with van der Waals surface area (Å²) in [6.45, 7) is 7.48. The van der Waals surface area contributed by atoms with E-state index >= 15 is 0 Å². The minimum atomic E-state index is -0.398. The molecule has 1 atom stereocenters. The van der Waals surface area contributed by atoms with Gasteiger partial charge in [0.15, 0.2) is 0 Å². The SMILES string of the molecule is C=CC(=O)NCC(=O)N1CCC(NC(=O)c2cnc(NCCc3ccncc3)nc2NCCC)C1. The van der Waals surface area contributed by atoms with Crippen molar-refractivity contribution >= 4 is 29.5 Å². The number of nitrogens with zero attached hydrogens (tertiary/aromatic N) is 4. The summed E-state index contributed by atoms with van der Waals surface area (Å²) in [5, 5.41) is 11.9. The number of pyridine rings is 1. The molecule has 0 bridgehead atoms. The van der Waals surface area contributed by atoms with Crippen LogP contribution in [-0.4, -0.2) is 76.3 Å². The first kappa shape index (κ1) is 25.6. The number of rotatable bonds is 12. The largest absolute Gasteiger partial charge is 0.369 e. The molecule has 186 valence electrons. The fourth-order valence-electron chi connectivity index (χ4n) is 3.59. The molecule has 1 fully saturated rings. The quantitative estimate of drug-likeness (QED) is 0.330. The summed E-state index contributed by atoms with van der Waals surface area (Å²) < 4.78 is 0. The lowest BCUT2D eigenvalue weighted by Gasteiger charge is -2.18. The predicted molar refractivity (Wildman–Crippen MR) is 133 cm³/mol. The number of anilines is 2. The summed E-state index contributed by atoms with van der Waals surface area (Å²) in [6, 6.07) is 3.72. The number of carbonyl (C=O) groups excluding carboxylic acids is 3. The Morgan fingerprint density at radius 3 is 2.74 bits per heavy atom. The fraction of sp³-hybridized carbons (Fsp3) is 0.417. The highest BCUT2D eigenvalue weighted by atomic mass is 16.2. The van der Waals surface area contributed by atoms with Gasteiger partial charge in [0.05, 0.1) is 6.54 Å². The van der Waals surface area contributed by atoms with Crippen molar-refractivity contribution < 1.29 is 14.4 Å². The van der Waals surface area contributed by atoms with E-state index in [0.717, 1.165) is 24.5 Å². The molecule has 11 heteroatoms. The van der Waals surface area contributed by atoms with Crippen LogP contribution in [0.15, 0.2) is 43.4 Å². The molecule has 0 aliphatic carbocycles. The molecule has 0 spiro atoms. The third-order valence-electron chi connectivity index (χ3n) is 5.50. The second-order valence-electron chi connectivity index (χ2n) is 8.14. The first-order chi connectivity index (χ1) is 17.0. The van der Waals surface area contributed by atoms with Gasteiger partial charge in [0, 0.05) is 50.8 Å². The van der Waals surface area contributed by atoms with Crippen molar-refractivity contribution in [3.63, 3.8) is 0 Å². The number of amides is 3. The molecule has 1 aliphatic heterocycles. The zero-order valence-corrected chi connectivity index (χ0v) is 19.9. The van der Waals surface area contributed by atoms with E-state index in [9.17, 15) is 14.4 Å². The van der Waals surface area contributed by atoms with E-state index in [4.69, 9.17) is 0 Å². The number of nitrogens with one attached hydrogen (secondary N) is 4. The van der Waals surface area contributed by atoms with Crippen LogP contribution in [0.5, 0.6) is 0 Å². The van der Waals surface area contributed by atoms with Gasteiger partial charge in [-0.15, -0.1) is 0 Å². The van der Waals surface area contributed by atoms with Crippen LogP contribution in [0.1, 0.15) is 35.7 Å². The molecule has 35 heavy (non-hydrogen) atoms. The standard InChI is InChI=1S/C24H32N8O3/c1-3-9-26-22-19(14-29-24(31-22)27-12-7-17-5-10-25-11-6-17)23(35)30-18-8-13-32(16-18)21(34)15-28-20(33)4-2/h4-6,10-11,14,18H,2-3,7-9,12-13,15-16H2,1H3,(H,28,33)(H,30,35)(H2,26,27,29,31). The lowest BCUT2D eigenvalue weighted by atomic mass is 10.2. The second kappa shape index (κ2) is 13.0. The topological polar surface area (TPSA) is 141 Å². The molecule has 1 unspecified atom stereocenters. The van der Waals surface area contributed by atoms with Crippen LogP contribution in [0, 0.1) is 0 Å². The number of hydrogen-bond donors (Lipinski definition) is 4. The molecule has 2 aromatic heterocycles. The van der Waals surface area contributed by atoms with Crippen LogP contribution in [-0.2, 0) is 16.0 Å². The average molecular weight is 481 g/mol. The van der Waals surface area contributed by atoms with Gasteiger partial charge >= 0.3 is 0 Å². The monoisotopic (exact) mass is 480 g/mol. The van der Waals surface area contributed by atoms with E-state index < -0.39 is 5.91 Å². The van der Waals surface area contributed by atoms with Crippen molar-refractivity contribution in [3.05, 3.63) is 54.5 Å². The number of likely N-dealkylation sites (tertiary alicyclic amines) is 1. The number of aromatic nitrogens is 3. The Balaban J connectivity index is 1.57. The van der Waals surface area contributed by atoms with Gasteiger partial charge in [-0.1, -0.05) is 13.5 Å². The molecule has 1 aliphatic rings. The van der Waals surface area contributed by atoms with Gasteiger partial charge < -0.3 is 26.2 Å². The van der Waals surface area contributed by atoms with Crippen molar-refractivity contribution in [3.8, 4) is 0 Å². The first-order valence-corrected chi connectivity index (χ1v) is 11.7. The summed E-state index contributed by atoms with van der Waals surface area (Å²) in [5.74, 6) is 0.000956. The van der Waals surface area contributed by atoms with E-state index in [1.54, 1.807) is 17.3 Å². The van der Waals surface area contributed by atoms with Crippen LogP contribution in [0.4, 0.5) is 11.8 Å². The van der Waals surface area contributed by atoms with Crippen molar-refractivity contribution in [2.45, 2.75) is 32.2 Å². The molecule has 2 aromatic rings. The zero-order valence-electron chi connectivity index (χ0n) is 19.9. The van der Waals surface area contributed by atoms with Gasteiger partial charge in [-0.25, -0.2) is 4.98 Å². The smallest absolute Gasteiger partial charge is 0.256 e. The number of carbonyl (C=O) groups is 3. The molecule has 3 amide bonds. The Morgan fingerprint density at radius 2 is 2.00 bits per heavy atom. The normalized spacial score (nSPS) is 14.8. The van der Waals surface area contributed by atoms with Crippen LogP contribution in [0.3, 0.4) is 0 Å². The molecule has 0 saturated carbocycles. The van der Waals surface area contributed by atoms with E-state index in [-0.39, 0.29) is 24.4 Å². The minimum Gasteiger partial charge on any atom is -0.369 e. The van der Waals surface area contributed by atoms with Gasteiger partial charge in [0.1, 0.15) is 11.4 Å². The van der Waals surface area contributed by atoms with Gasteiger partial charge in [-0.2, -0.15) is 4.98 Å². The van der Waals surface area contributed by atoms with Crippen LogP contribution < -0.4 is 21.3 Å². The van der Waals surface area contributed by atoms with Crippen LogP contribution in [0.25, 0.3) is 0 Å². The summed E-state index contributed by atoms with van der Waals surface area (Å²) in [6.07, 6.45) is 8.43. The summed E-state index contributed by atoms with van der Waals surface area (Å²) >= 11 is 0. The maximum absolute atomic E-state index is 13.0. The zero-order chi connectivity index (χ0) is 25.0. The first-order valence-electron chi connectivity index (χ1n) is 11.7. The molecular formula is C24H32N8O3. The molecular weight excluding hydrogens is 448 g/mol. The molecule has 11 nitrogen and oxygen atoms in total. The Bertz CT molecular complexity index is 1030. The van der Waals surface area contributed by atoms with E-state index in [0.29, 0.717) is 49.9 Å². The maximum atomic E-state index is 13.0. The van der Waals surface area contributed by atoms with E-state index in [1.165, 1.54) is 6.20 Å². The highest BCUT2D eigenvalue weighted by Gasteiger charge is 2.28. The minimum absolute atomic E-state index is 0.0972. The second-order valence-corrected chi connectivity index (χ2v) is 8.14. The maximum Gasteiger partial charge on any atom is 0.256 e. The Morgan fingerprint density at radius 1 is 1.20 bits per heavy atom. The van der Waals surface area contributed by atoms with Gasteiger partial charge in [0.2, 0.25) is 17.8 Å². The van der Waals surface area contributed by atoms with Crippen molar-refractivity contribution in [2.75, 3.05) is 43.4 Å². The fourth-order valence-corrected chi connectivity index (χ4v) is 3.59.